The maximum atomic E-state index is 12.7. The quantitative estimate of drug-likeness (QED) is 0.849. The van der Waals surface area contributed by atoms with Crippen LogP contribution in [0.5, 0.6) is 0 Å². The predicted octanol–water partition coefficient (Wildman–Crippen LogP) is 2.81. The van der Waals surface area contributed by atoms with Crippen LogP contribution in [0.3, 0.4) is 0 Å². The van der Waals surface area contributed by atoms with Crippen molar-refractivity contribution < 1.29 is 18.0 Å². The van der Waals surface area contributed by atoms with Gasteiger partial charge < -0.3 is 5.32 Å². The van der Waals surface area contributed by atoms with Crippen molar-refractivity contribution in [3.8, 4) is 0 Å². The highest BCUT2D eigenvalue weighted by Crippen LogP contribution is 2.34. The SMILES string of the molecule is O=C(c1cc(C(F)(F)F)ccn1)C1CC2CCC(C1)N2. The second-order valence-electron chi connectivity index (χ2n) is 5.60. The van der Waals surface area contributed by atoms with Gasteiger partial charge in [-0.3, -0.25) is 9.78 Å². The number of aromatic nitrogens is 1. The second-order valence-corrected chi connectivity index (χ2v) is 5.60. The molecule has 0 radical (unpaired) electrons. The van der Waals surface area contributed by atoms with Crippen molar-refractivity contribution in [3.05, 3.63) is 29.6 Å². The first-order valence-electron chi connectivity index (χ1n) is 6.77. The largest absolute Gasteiger partial charge is 0.416 e. The highest BCUT2D eigenvalue weighted by Gasteiger charge is 2.38. The van der Waals surface area contributed by atoms with Crippen LogP contribution in [0, 0.1) is 5.92 Å². The first-order valence-corrected chi connectivity index (χ1v) is 6.77. The van der Waals surface area contributed by atoms with Gasteiger partial charge in [-0.25, -0.2) is 0 Å². The van der Waals surface area contributed by atoms with Gasteiger partial charge in [0, 0.05) is 24.2 Å². The van der Waals surface area contributed by atoms with Crippen LogP contribution in [0.25, 0.3) is 0 Å². The number of ketones is 1. The molecule has 1 aromatic heterocycles. The maximum absolute atomic E-state index is 12.7. The molecule has 20 heavy (non-hydrogen) atoms. The molecule has 108 valence electrons. The van der Waals surface area contributed by atoms with E-state index < -0.39 is 11.7 Å². The lowest BCUT2D eigenvalue weighted by molar-refractivity contribution is -0.137. The van der Waals surface area contributed by atoms with Gasteiger partial charge in [0.25, 0.3) is 0 Å². The summed E-state index contributed by atoms with van der Waals surface area (Å²) in [6.45, 7) is 0. The molecule has 2 unspecified atom stereocenters. The van der Waals surface area contributed by atoms with E-state index in [0.29, 0.717) is 24.9 Å². The number of pyridine rings is 1. The van der Waals surface area contributed by atoms with Crippen LogP contribution in [0.1, 0.15) is 41.7 Å². The molecule has 1 N–H and O–H groups in total. The molecule has 1 aromatic rings. The molecule has 3 nitrogen and oxygen atoms in total. The Morgan fingerprint density at radius 2 is 1.90 bits per heavy atom. The van der Waals surface area contributed by atoms with Crippen molar-refractivity contribution in [2.45, 2.75) is 43.9 Å². The lowest BCUT2D eigenvalue weighted by atomic mass is 9.87. The lowest BCUT2D eigenvalue weighted by Crippen LogP contribution is -2.40. The zero-order valence-corrected chi connectivity index (χ0v) is 10.8. The Hall–Kier alpha value is -1.43. The average Bonchev–Trinajstić information content (AvgIpc) is 2.76. The van der Waals surface area contributed by atoms with Gasteiger partial charge in [0.2, 0.25) is 0 Å². The Morgan fingerprint density at radius 3 is 2.50 bits per heavy atom. The van der Waals surface area contributed by atoms with Gasteiger partial charge in [-0.05, 0) is 37.8 Å². The van der Waals surface area contributed by atoms with Gasteiger partial charge in [0.05, 0.1) is 5.56 Å². The van der Waals surface area contributed by atoms with E-state index in [1.54, 1.807) is 0 Å². The summed E-state index contributed by atoms with van der Waals surface area (Å²) in [5.41, 5.74) is -0.876. The Kier molecular flexibility index (Phi) is 3.28. The molecule has 2 saturated heterocycles. The number of hydrogen-bond donors (Lipinski definition) is 1. The molecule has 2 fully saturated rings. The number of piperidine rings is 1. The van der Waals surface area contributed by atoms with E-state index in [2.05, 4.69) is 10.3 Å². The summed E-state index contributed by atoms with van der Waals surface area (Å²) in [4.78, 5) is 16.2. The number of alkyl halides is 3. The molecule has 0 spiro atoms. The van der Waals surface area contributed by atoms with Crippen LogP contribution in [0.15, 0.2) is 18.3 Å². The van der Waals surface area contributed by atoms with Crippen LogP contribution in [-0.4, -0.2) is 22.9 Å². The van der Waals surface area contributed by atoms with Crippen LogP contribution in [0.4, 0.5) is 13.2 Å². The molecule has 2 atom stereocenters. The van der Waals surface area contributed by atoms with Gasteiger partial charge >= 0.3 is 6.18 Å². The third-order valence-corrected chi connectivity index (χ3v) is 4.18. The highest BCUT2D eigenvalue weighted by molar-refractivity contribution is 5.96. The lowest BCUT2D eigenvalue weighted by Gasteiger charge is -2.27. The molecule has 0 saturated carbocycles. The van der Waals surface area contributed by atoms with E-state index in [1.165, 1.54) is 0 Å². The molecule has 3 heterocycles. The third-order valence-electron chi connectivity index (χ3n) is 4.18. The van der Waals surface area contributed by atoms with E-state index in [0.717, 1.165) is 31.2 Å². The number of rotatable bonds is 2. The summed E-state index contributed by atoms with van der Waals surface area (Å²) in [6, 6.07) is 2.41. The summed E-state index contributed by atoms with van der Waals surface area (Å²) in [7, 11) is 0. The topological polar surface area (TPSA) is 42.0 Å². The average molecular weight is 284 g/mol. The van der Waals surface area contributed by atoms with Crippen molar-refractivity contribution in [2.24, 2.45) is 5.92 Å². The third kappa shape index (κ3) is 2.57. The minimum absolute atomic E-state index is 0.0638. The Balaban J connectivity index is 1.80. The summed E-state index contributed by atoms with van der Waals surface area (Å²) >= 11 is 0. The number of Topliss-reactive ketones (excluding diaryl/α,β-unsaturated/α-hetero) is 1. The molecule has 0 amide bonds. The zero-order valence-electron chi connectivity index (χ0n) is 10.8. The van der Waals surface area contributed by atoms with Gasteiger partial charge in [-0.15, -0.1) is 0 Å². The smallest absolute Gasteiger partial charge is 0.311 e. The number of nitrogens with zero attached hydrogens (tertiary/aromatic N) is 1. The van der Waals surface area contributed by atoms with Gasteiger partial charge in [-0.2, -0.15) is 13.2 Å². The number of nitrogens with one attached hydrogen (secondary N) is 1. The predicted molar refractivity (Wildman–Crippen MR) is 66.2 cm³/mol. The molecule has 2 aliphatic rings. The van der Waals surface area contributed by atoms with Crippen molar-refractivity contribution >= 4 is 5.78 Å². The molecular weight excluding hydrogens is 269 g/mol. The summed E-state index contributed by atoms with van der Waals surface area (Å²) in [6.07, 6.45) is 0.117. The van der Waals surface area contributed by atoms with Crippen molar-refractivity contribution in [3.63, 3.8) is 0 Å². The van der Waals surface area contributed by atoms with Crippen LogP contribution >= 0.6 is 0 Å². The normalized spacial score (nSPS) is 29.4. The number of carbonyl (C=O) groups is 1. The minimum Gasteiger partial charge on any atom is -0.311 e. The molecule has 6 heteroatoms. The molecule has 0 aliphatic carbocycles. The zero-order chi connectivity index (χ0) is 14.3. The molecule has 3 rings (SSSR count). The van der Waals surface area contributed by atoms with E-state index >= 15 is 0 Å². The second kappa shape index (κ2) is 4.84. The Labute approximate surface area is 114 Å². The number of halogens is 3. The number of fused-ring (bicyclic) bond motifs is 2. The van der Waals surface area contributed by atoms with Crippen LogP contribution < -0.4 is 5.32 Å². The molecule has 0 aromatic carbocycles. The van der Waals surface area contributed by atoms with Gasteiger partial charge in [0.15, 0.2) is 5.78 Å². The molecule has 2 bridgehead atoms. The first kappa shape index (κ1) is 13.5. The monoisotopic (exact) mass is 284 g/mol. The first-order chi connectivity index (χ1) is 9.43. The fourth-order valence-corrected chi connectivity index (χ4v) is 3.22. The minimum atomic E-state index is -4.44. The standard InChI is InChI=1S/C14H15F3N2O/c15-14(16,17)9-3-4-18-12(7-9)13(20)8-5-10-1-2-11(6-8)19-10/h3-4,7-8,10-11,19H,1-2,5-6H2. The van der Waals surface area contributed by atoms with Crippen LogP contribution in [-0.2, 0) is 6.18 Å². The number of carbonyl (C=O) groups excluding carboxylic acids is 1. The maximum Gasteiger partial charge on any atom is 0.416 e. The fraction of sp³-hybridized carbons (Fsp3) is 0.571. The van der Waals surface area contributed by atoms with E-state index in [1.807, 2.05) is 0 Å². The molecular formula is C14H15F3N2O. The van der Waals surface area contributed by atoms with Gasteiger partial charge in [-0.1, -0.05) is 0 Å². The van der Waals surface area contributed by atoms with Crippen LogP contribution in [0.2, 0.25) is 0 Å². The number of hydrogen-bond acceptors (Lipinski definition) is 3. The van der Waals surface area contributed by atoms with Crippen molar-refractivity contribution in [1.82, 2.24) is 10.3 Å². The molecule has 2 aliphatic heterocycles. The van der Waals surface area contributed by atoms with E-state index in [9.17, 15) is 18.0 Å². The Morgan fingerprint density at radius 1 is 1.25 bits per heavy atom. The highest BCUT2D eigenvalue weighted by atomic mass is 19.4. The van der Waals surface area contributed by atoms with Gasteiger partial charge in [0.1, 0.15) is 5.69 Å². The summed E-state index contributed by atoms with van der Waals surface area (Å²) < 4.78 is 38.0. The summed E-state index contributed by atoms with van der Waals surface area (Å²) in [5, 5.41) is 3.41. The Bertz CT molecular complexity index is 517. The summed E-state index contributed by atoms with van der Waals surface area (Å²) in [5.74, 6) is -0.459. The van der Waals surface area contributed by atoms with Crippen molar-refractivity contribution in [2.75, 3.05) is 0 Å². The van der Waals surface area contributed by atoms with E-state index in [4.69, 9.17) is 0 Å². The van der Waals surface area contributed by atoms with E-state index in [-0.39, 0.29) is 17.4 Å². The van der Waals surface area contributed by atoms with Crippen molar-refractivity contribution in [1.29, 1.82) is 0 Å². The fourth-order valence-electron chi connectivity index (χ4n) is 3.22.